The summed E-state index contributed by atoms with van der Waals surface area (Å²) < 4.78 is 0. The molecule has 20 heavy (non-hydrogen) atoms. The van der Waals surface area contributed by atoms with Gasteiger partial charge in [0.15, 0.2) is 0 Å². The number of fused-ring (bicyclic) bond motifs is 2. The molecule has 4 unspecified atom stereocenters. The van der Waals surface area contributed by atoms with Gasteiger partial charge in [0.1, 0.15) is 0 Å². The number of nitrogens with zero attached hydrogens (tertiary/aromatic N) is 1. The van der Waals surface area contributed by atoms with Crippen LogP contribution in [0.15, 0.2) is 24.3 Å². The highest BCUT2D eigenvalue weighted by Gasteiger charge is 2.41. The Morgan fingerprint density at radius 3 is 2.80 bits per heavy atom. The normalized spacial score (nSPS) is 29.6. The van der Waals surface area contributed by atoms with Gasteiger partial charge in [-0.25, -0.2) is 0 Å². The van der Waals surface area contributed by atoms with Crippen molar-refractivity contribution in [2.45, 2.75) is 45.2 Å². The van der Waals surface area contributed by atoms with Gasteiger partial charge in [-0.3, -0.25) is 10.1 Å². The first-order valence-electron chi connectivity index (χ1n) is 7.61. The van der Waals surface area contributed by atoms with E-state index in [-0.39, 0.29) is 10.6 Å². The van der Waals surface area contributed by atoms with E-state index in [9.17, 15) is 10.1 Å². The maximum absolute atomic E-state index is 11.0. The molecule has 2 fully saturated rings. The third-order valence-corrected chi connectivity index (χ3v) is 5.24. The number of benzene rings is 1. The summed E-state index contributed by atoms with van der Waals surface area (Å²) in [6.07, 6.45) is 5.54. The number of nitro benzene ring substituents is 1. The smallest absolute Gasteiger partial charge is 0.273 e. The molecule has 1 aromatic rings. The van der Waals surface area contributed by atoms with E-state index in [0.717, 1.165) is 23.3 Å². The molecule has 0 saturated heterocycles. The fourth-order valence-electron chi connectivity index (χ4n) is 4.17. The first-order valence-corrected chi connectivity index (χ1v) is 7.61. The zero-order chi connectivity index (χ0) is 14.1. The van der Waals surface area contributed by atoms with Crippen molar-refractivity contribution in [1.82, 2.24) is 5.32 Å². The number of rotatable bonds is 5. The minimum atomic E-state index is -0.292. The van der Waals surface area contributed by atoms with Crippen LogP contribution in [0.5, 0.6) is 0 Å². The Hall–Kier alpha value is -1.42. The minimum absolute atomic E-state index is 0.222. The second-order valence-electron chi connectivity index (χ2n) is 6.39. The van der Waals surface area contributed by atoms with Crippen LogP contribution >= 0.6 is 0 Å². The Bertz CT molecular complexity index is 503. The highest BCUT2D eigenvalue weighted by atomic mass is 16.6. The summed E-state index contributed by atoms with van der Waals surface area (Å²) >= 11 is 0. The molecule has 0 amide bonds. The van der Waals surface area contributed by atoms with E-state index >= 15 is 0 Å². The Morgan fingerprint density at radius 1 is 1.35 bits per heavy atom. The van der Waals surface area contributed by atoms with Crippen LogP contribution < -0.4 is 5.32 Å². The number of nitro groups is 1. The molecule has 4 nitrogen and oxygen atoms in total. The zero-order valence-corrected chi connectivity index (χ0v) is 11.9. The SMILES string of the molecule is CC(NCc1ccccc1[N+](=O)[O-])C1CC2CCC1C2. The predicted molar refractivity (Wildman–Crippen MR) is 78.3 cm³/mol. The van der Waals surface area contributed by atoms with E-state index in [2.05, 4.69) is 12.2 Å². The van der Waals surface area contributed by atoms with E-state index in [4.69, 9.17) is 0 Å². The van der Waals surface area contributed by atoms with E-state index in [0.29, 0.717) is 12.6 Å². The molecule has 4 heteroatoms. The van der Waals surface area contributed by atoms with Crippen molar-refractivity contribution in [2.24, 2.45) is 17.8 Å². The van der Waals surface area contributed by atoms with Crippen molar-refractivity contribution in [3.8, 4) is 0 Å². The lowest BCUT2D eigenvalue weighted by atomic mass is 9.84. The molecule has 0 radical (unpaired) electrons. The fraction of sp³-hybridized carbons (Fsp3) is 0.625. The largest absolute Gasteiger partial charge is 0.310 e. The molecule has 1 aromatic carbocycles. The van der Waals surface area contributed by atoms with E-state index in [1.165, 1.54) is 25.7 Å². The molecule has 1 N–H and O–H groups in total. The predicted octanol–water partition coefficient (Wildman–Crippen LogP) is 3.51. The standard InChI is InChI=1S/C16H22N2O2/c1-11(15-9-12-6-7-13(15)8-12)17-10-14-4-2-3-5-16(14)18(19)20/h2-5,11-13,15,17H,6-10H2,1H3. The van der Waals surface area contributed by atoms with Gasteiger partial charge in [0, 0.05) is 24.2 Å². The Labute approximate surface area is 119 Å². The molecule has 108 valence electrons. The summed E-state index contributed by atoms with van der Waals surface area (Å²) in [6.45, 7) is 2.83. The topological polar surface area (TPSA) is 55.2 Å². The van der Waals surface area contributed by atoms with Gasteiger partial charge in [-0.15, -0.1) is 0 Å². The molecule has 0 heterocycles. The van der Waals surface area contributed by atoms with Gasteiger partial charge in [0.2, 0.25) is 0 Å². The molecule has 0 aliphatic heterocycles. The van der Waals surface area contributed by atoms with Gasteiger partial charge in [-0.2, -0.15) is 0 Å². The zero-order valence-electron chi connectivity index (χ0n) is 11.9. The lowest BCUT2D eigenvalue weighted by molar-refractivity contribution is -0.385. The monoisotopic (exact) mass is 274 g/mol. The molecule has 3 rings (SSSR count). The molecule has 2 saturated carbocycles. The summed E-state index contributed by atoms with van der Waals surface area (Å²) in [5.74, 6) is 2.59. The van der Waals surface area contributed by atoms with E-state index in [1.54, 1.807) is 12.1 Å². The Kier molecular flexibility index (Phi) is 3.74. The van der Waals surface area contributed by atoms with Gasteiger partial charge >= 0.3 is 0 Å². The summed E-state index contributed by atoms with van der Waals surface area (Å²) in [4.78, 5) is 10.7. The third kappa shape index (κ3) is 2.57. The first kappa shape index (κ1) is 13.6. The maximum atomic E-state index is 11.0. The van der Waals surface area contributed by atoms with Crippen LogP contribution in [-0.2, 0) is 6.54 Å². The van der Waals surface area contributed by atoms with Crippen LogP contribution in [0.3, 0.4) is 0 Å². The highest BCUT2D eigenvalue weighted by molar-refractivity contribution is 5.39. The van der Waals surface area contributed by atoms with Crippen LogP contribution in [0, 0.1) is 27.9 Å². The molecule has 2 aliphatic rings. The van der Waals surface area contributed by atoms with E-state index < -0.39 is 0 Å². The highest BCUT2D eigenvalue weighted by Crippen LogP contribution is 2.49. The van der Waals surface area contributed by atoms with Crippen molar-refractivity contribution in [3.05, 3.63) is 39.9 Å². The molecule has 4 atom stereocenters. The van der Waals surface area contributed by atoms with Crippen molar-refractivity contribution in [2.75, 3.05) is 0 Å². The van der Waals surface area contributed by atoms with Crippen LogP contribution in [0.4, 0.5) is 5.69 Å². The summed E-state index contributed by atoms with van der Waals surface area (Å²) in [5.41, 5.74) is 1.01. The molecular formula is C16H22N2O2. The fourth-order valence-corrected chi connectivity index (χ4v) is 4.17. The third-order valence-electron chi connectivity index (χ3n) is 5.24. The van der Waals surface area contributed by atoms with Gasteiger partial charge in [-0.05, 0) is 43.9 Å². The van der Waals surface area contributed by atoms with Gasteiger partial charge in [0.05, 0.1) is 4.92 Å². The number of hydrogen-bond donors (Lipinski definition) is 1. The number of hydrogen-bond acceptors (Lipinski definition) is 3. The van der Waals surface area contributed by atoms with Crippen molar-refractivity contribution in [3.63, 3.8) is 0 Å². The van der Waals surface area contributed by atoms with Crippen LogP contribution in [0.25, 0.3) is 0 Å². The van der Waals surface area contributed by atoms with Crippen molar-refractivity contribution >= 4 is 5.69 Å². The molecule has 0 aromatic heterocycles. The van der Waals surface area contributed by atoms with E-state index in [1.807, 2.05) is 12.1 Å². The van der Waals surface area contributed by atoms with Crippen LogP contribution in [0.2, 0.25) is 0 Å². The first-order chi connectivity index (χ1) is 9.65. The molecule has 0 spiro atoms. The molecule has 2 aliphatic carbocycles. The van der Waals surface area contributed by atoms with Crippen molar-refractivity contribution in [1.29, 1.82) is 0 Å². The summed E-state index contributed by atoms with van der Waals surface area (Å²) in [6, 6.07) is 7.47. The maximum Gasteiger partial charge on any atom is 0.273 e. The van der Waals surface area contributed by atoms with Crippen molar-refractivity contribution < 1.29 is 4.92 Å². The average molecular weight is 274 g/mol. The Balaban J connectivity index is 1.61. The average Bonchev–Trinajstić information content (AvgIpc) is 3.07. The van der Waals surface area contributed by atoms with Gasteiger partial charge in [0.25, 0.3) is 5.69 Å². The summed E-state index contributed by atoms with van der Waals surface area (Å²) in [7, 11) is 0. The van der Waals surface area contributed by atoms with Gasteiger partial charge in [-0.1, -0.05) is 24.6 Å². The van der Waals surface area contributed by atoms with Crippen LogP contribution in [-0.4, -0.2) is 11.0 Å². The van der Waals surface area contributed by atoms with Crippen LogP contribution in [0.1, 0.15) is 38.2 Å². The lowest BCUT2D eigenvalue weighted by Gasteiger charge is -2.28. The quantitative estimate of drug-likeness (QED) is 0.660. The Morgan fingerprint density at radius 2 is 2.15 bits per heavy atom. The van der Waals surface area contributed by atoms with Gasteiger partial charge < -0.3 is 5.32 Å². The summed E-state index contributed by atoms with van der Waals surface area (Å²) in [5, 5.41) is 14.5. The number of para-hydroxylation sites is 1. The lowest BCUT2D eigenvalue weighted by Crippen LogP contribution is -2.36. The minimum Gasteiger partial charge on any atom is -0.310 e. The molecule has 2 bridgehead atoms. The second kappa shape index (κ2) is 5.52. The second-order valence-corrected chi connectivity index (χ2v) is 6.39. The molecular weight excluding hydrogens is 252 g/mol. The number of nitrogens with one attached hydrogen (secondary N) is 1.